The summed E-state index contributed by atoms with van der Waals surface area (Å²) >= 11 is 0. The lowest BCUT2D eigenvalue weighted by Gasteiger charge is -2.35. The lowest BCUT2D eigenvalue weighted by atomic mass is 10.0. The molecular weight excluding hydrogens is 440 g/mol. The van der Waals surface area contributed by atoms with Crippen LogP contribution >= 0.6 is 0 Å². The molecule has 0 saturated carbocycles. The number of esters is 2. The molecular formula is C25H38N2O7. The lowest BCUT2D eigenvalue weighted by Crippen LogP contribution is -2.54. The summed E-state index contributed by atoms with van der Waals surface area (Å²) in [4.78, 5) is 53.4. The van der Waals surface area contributed by atoms with E-state index in [9.17, 15) is 19.2 Å². The molecule has 0 aliphatic carbocycles. The van der Waals surface area contributed by atoms with Crippen LogP contribution in [0.15, 0.2) is 30.3 Å². The number of carbonyl (C=O) groups excluding carboxylic acids is 4. The Morgan fingerprint density at radius 3 is 2.03 bits per heavy atom. The highest BCUT2D eigenvalue weighted by molar-refractivity contribution is 5.91. The van der Waals surface area contributed by atoms with Crippen molar-refractivity contribution in [2.45, 2.75) is 71.8 Å². The van der Waals surface area contributed by atoms with Crippen molar-refractivity contribution in [1.82, 2.24) is 9.80 Å². The maximum Gasteiger partial charge on any atom is 0.410 e. The molecule has 0 aliphatic heterocycles. The Morgan fingerprint density at radius 2 is 1.53 bits per heavy atom. The van der Waals surface area contributed by atoms with Gasteiger partial charge in [-0.2, -0.15) is 0 Å². The number of hydrogen-bond donors (Lipinski definition) is 0. The van der Waals surface area contributed by atoms with E-state index in [0.29, 0.717) is 6.42 Å². The fourth-order valence-electron chi connectivity index (χ4n) is 3.19. The first-order valence-corrected chi connectivity index (χ1v) is 11.3. The topological polar surface area (TPSA) is 102 Å². The molecule has 0 spiro atoms. The highest BCUT2D eigenvalue weighted by atomic mass is 16.6. The highest BCUT2D eigenvalue weighted by Gasteiger charge is 2.38. The van der Waals surface area contributed by atoms with Crippen LogP contribution in [0.4, 0.5) is 4.79 Å². The van der Waals surface area contributed by atoms with Crippen LogP contribution in [-0.4, -0.2) is 72.6 Å². The molecule has 1 rings (SSSR count). The zero-order valence-electron chi connectivity index (χ0n) is 21.5. The van der Waals surface area contributed by atoms with Gasteiger partial charge < -0.3 is 19.1 Å². The average Bonchev–Trinajstić information content (AvgIpc) is 2.77. The third kappa shape index (κ3) is 9.41. The van der Waals surface area contributed by atoms with Crippen LogP contribution in [0.2, 0.25) is 0 Å². The van der Waals surface area contributed by atoms with Crippen molar-refractivity contribution in [3.05, 3.63) is 35.9 Å². The van der Waals surface area contributed by atoms with Gasteiger partial charge in [0.15, 0.2) is 0 Å². The van der Waals surface area contributed by atoms with E-state index in [1.165, 1.54) is 26.1 Å². The van der Waals surface area contributed by atoms with E-state index in [4.69, 9.17) is 14.2 Å². The van der Waals surface area contributed by atoms with E-state index in [1.54, 1.807) is 20.8 Å². The van der Waals surface area contributed by atoms with E-state index < -0.39 is 41.6 Å². The summed E-state index contributed by atoms with van der Waals surface area (Å²) in [5.74, 6) is -1.84. The van der Waals surface area contributed by atoms with Gasteiger partial charge in [0.1, 0.15) is 24.3 Å². The minimum absolute atomic E-state index is 0.0442. The smallest absolute Gasteiger partial charge is 0.410 e. The Balaban J connectivity index is 3.02. The maximum absolute atomic E-state index is 13.4. The van der Waals surface area contributed by atoms with Gasteiger partial charge in [-0.25, -0.2) is 9.59 Å². The molecule has 2 amide bonds. The molecule has 0 aromatic heterocycles. The quantitative estimate of drug-likeness (QED) is 0.375. The van der Waals surface area contributed by atoms with E-state index in [2.05, 4.69) is 0 Å². The largest absolute Gasteiger partial charge is 0.467 e. The second-order valence-electron chi connectivity index (χ2n) is 9.58. The van der Waals surface area contributed by atoms with Crippen molar-refractivity contribution in [2.24, 2.45) is 5.92 Å². The summed E-state index contributed by atoms with van der Waals surface area (Å²) in [6, 6.07) is 7.01. The average molecular weight is 479 g/mol. The number of benzene rings is 1. The molecule has 0 saturated heterocycles. The summed E-state index contributed by atoms with van der Waals surface area (Å²) < 4.78 is 15.5. The Morgan fingerprint density at radius 1 is 0.941 bits per heavy atom. The lowest BCUT2D eigenvalue weighted by molar-refractivity contribution is -0.159. The molecule has 0 fully saturated rings. The summed E-state index contributed by atoms with van der Waals surface area (Å²) in [6.07, 6.45) is -0.700. The van der Waals surface area contributed by atoms with Gasteiger partial charge in [0.25, 0.3) is 0 Å². The van der Waals surface area contributed by atoms with Crippen LogP contribution in [0.5, 0.6) is 0 Å². The van der Waals surface area contributed by atoms with Gasteiger partial charge in [-0.05, 0) is 38.7 Å². The van der Waals surface area contributed by atoms with Gasteiger partial charge in [-0.15, -0.1) is 0 Å². The van der Waals surface area contributed by atoms with E-state index in [0.717, 1.165) is 10.5 Å². The molecule has 0 N–H and O–H groups in total. The number of carbonyl (C=O) groups is 4. The number of rotatable bonds is 10. The first kappa shape index (κ1) is 28.9. The molecule has 1 aromatic carbocycles. The van der Waals surface area contributed by atoms with Crippen LogP contribution in [0.25, 0.3) is 0 Å². The first-order chi connectivity index (χ1) is 15.8. The van der Waals surface area contributed by atoms with Crippen molar-refractivity contribution in [2.75, 3.05) is 21.2 Å². The fraction of sp³-hybridized carbons (Fsp3) is 0.600. The molecule has 0 radical (unpaired) electrons. The Bertz CT molecular complexity index is 833. The van der Waals surface area contributed by atoms with Gasteiger partial charge >= 0.3 is 18.0 Å². The molecule has 190 valence electrons. The second kappa shape index (κ2) is 13.0. The van der Waals surface area contributed by atoms with Crippen LogP contribution in [0.3, 0.4) is 0 Å². The summed E-state index contributed by atoms with van der Waals surface area (Å²) in [5, 5.41) is 0. The Kier molecular flexibility index (Phi) is 11.0. The molecule has 9 nitrogen and oxygen atoms in total. The van der Waals surface area contributed by atoms with Gasteiger partial charge in [0, 0.05) is 14.1 Å². The molecule has 0 bridgehead atoms. The van der Waals surface area contributed by atoms with Crippen molar-refractivity contribution >= 4 is 23.9 Å². The van der Waals surface area contributed by atoms with Crippen molar-refractivity contribution in [3.63, 3.8) is 0 Å². The molecule has 0 unspecified atom stereocenters. The van der Waals surface area contributed by atoms with Crippen LogP contribution in [0, 0.1) is 5.92 Å². The first-order valence-electron chi connectivity index (χ1n) is 11.3. The number of hydrogen-bond acceptors (Lipinski definition) is 7. The van der Waals surface area contributed by atoms with E-state index in [1.807, 2.05) is 44.2 Å². The molecule has 2 atom stereocenters. The second-order valence-corrected chi connectivity index (χ2v) is 9.58. The number of ether oxygens (including phenoxy) is 3. The third-order valence-electron chi connectivity index (χ3n) is 5.02. The standard InChI is InChI=1S/C25H38N2O7/c1-17(2)14-19(27(7)24(31)34-25(3,4)5)22(29)26(6)20(23(30)32-8)15-21(28)33-16-18-12-10-9-11-13-18/h9-13,17,19-20H,14-16H2,1-8H3/t19-,20+/m0/s1. The van der Waals surface area contributed by atoms with E-state index >= 15 is 0 Å². The summed E-state index contributed by atoms with van der Waals surface area (Å²) in [7, 11) is 4.07. The zero-order chi connectivity index (χ0) is 26.1. The van der Waals surface area contributed by atoms with Gasteiger partial charge in [-0.1, -0.05) is 44.2 Å². The SMILES string of the molecule is COC(=O)[C@@H](CC(=O)OCc1ccccc1)N(C)C(=O)[C@H](CC(C)C)N(C)C(=O)OC(C)(C)C. The maximum atomic E-state index is 13.4. The molecule has 0 aliphatic rings. The van der Waals surface area contributed by atoms with Crippen LogP contribution in [-0.2, 0) is 35.2 Å². The number of methoxy groups -OCH3 is 1. The summed E-state index contributed by atoms with van der Waals surface area (Å²) in [6.45, 7) is 9.09. The van der Waals surface area contributed by atoms with Crippen LogP contribution < -0.4 is 0 Å². The predicted molar refractivity (Wildman–Crippen MR) is 127 cm³/mol. The van der Waals surface area contributed by atoms with Crippen LogP contribution in [0.1, 0.15) is 53.0 Å². The predicted octanol–water partition coefficient (Wildman–Crippen LogP) is 3.40. The van der Waals surface area contributed by atoms with Crippen molar-refractivity contribution < 1.29 is 33.4 Å². The van der Waals surface area contributed by atoms with Crippen molar-refractivity contribution in [3.8, 4) is 0 Å². The Hall–Kier alpha value is -3.10. The van der Waals surface area contributed by atoms with Gasteiger partial charge in [0.2, 0.25) is 5.91 Å². The molecule has 0 heterocycles. The fourth-order valence-corrected chi connectivity index (χ4v) is 3.19. The number of likely N-dealkylation sites (N-methyl/N-ethyl adjacent to an activating group) is 2. The monoisotopic (exact) mass is 478 g/mol. The molecule has 9 heteroatoms. The summed E-state index contributed by atoms with van der Waals surface area (Å²) in [5.41, 5.74) is 0.0607. The normalized spacial score (nSPS) is 13.0. The zero-order valence-corrected chi connectivity index (χ0v) is 21.5. The number of nitrogens with zero attached hydrogens (tertiary/aromatic N) is 2. The minimum Gasteiger partial charge on any atom is -0.467 e. The number of amides is 2. The van der Waals surface area contributed by atoms with Gasteiger partial charge in [0.05, 0.1) is 13.5 Å². The van der Waals surface area contributed by atoms with E-state index in [-0.39, 0.29) is 18.9 Å². The minimum atomic E-state index is -1.21. The molecule has 34 heavy (non-hydrogen) atoms. The van der Waals surface area contributed by atoms with Crippen molar-refractivity contribution in [1.29, 1.82) is 0 Å². The Labute approximate surface area is 202 Å². The third-order valence-corrected chi connectivity index (χ3v) is 5.02. The van der Waals surface area contributed by atoms with Gasteiger partial charge in [-0.3, -0.25) is 14.5 Å². The highest BCUT2D eigenvalue weighted by Crippen LogP contribution is 2.19. The molecule has 1 aromatic rings.